The van der Waals surface area contributed by atoms with Gasteiger partial charge in [-0.1, -0.05) is 78.4 Å². The zero-order valence-corrected chi connectivity index (χ0v) is 20.4. The summed E-state index contributed by atoms with van der Waals surface area (Å²) >= 11 is 0. The zero-order chi connectivity index (χ0) is 24.8. The fraction of sp³-hybridized carbons (Fsp3) is 0.0303. The summed E-state index contributed by atoms with van der Waals surface area (Å²) in [5, 5.41) is 11.8. The number of hydrogen-bond donors (Lipinski definition) is 0. The molecule has 0 unspecified atom stereocenters. The minimum absolute atomic E-state index is 0.816. The Labute approximate surface area is 215 Å². The summed E-state index contributed by atoms with van der Waals surface area (Å²) in [7, 11) is 0. The summed E-state index contributed by atoms with van der Waals surface area (Å²) in [5.74, 6) is 1.65. The second-order valence-corrected chi connectivity index (χ2v) is 9.30. The largest absolute Gasteiger partial charge is 0.309 e. The maximum absolute atomic E-state index is 4.67. The third kappa shape index (κ3) is 3.54. The number of aryl methyl sites for hydroxylation is 1. The highest BCUT2D eigenvalue weighted by molar-refractivity contribution is 6.09. The average molecular weight is 477 g/mol. The molecule has 37 heavy (non-hydrogen) atoms. The maximum atomic E-state index is 4.67. The molecule has 2 heterocycles. The molecule has 0 aliphatic heterocycles. The fourth-order valence-corrected chi connectivity index (χ4v) is 5.22. The number of nitrogens with zero attached hydrogens (tertiary/aromatic N) is 4. The van der Waals surface area contributed by atoms with Crippen LogP contribution in [0.3, 0.4) is 0 Å². The minimum atomic E-state index is 0.816. The molecule has 0 saturated carbocycles. The molecule has 0 spiro atoms. The highest BCUT2D eigenvalue weighted by Gasteiger charge is 2.18. The smallest absolute Gasteiger partial charge is 0.168 e. The Morgan fingerprint density at radius 2 is 1.03 bits per heavy atom. The molecule has 0 aliphatic carbocycles. The molecule has 7 rings (SSSR count). The van der Waals surface area contributed by atoms with E-state index in [9.17, 15) is 0 Å². The van der Waals surface area contributed by atoms with E-state index in [-0.39, 0.29) is 0 Å². The Morgan fingerprint density at radius 3 is 1.68 bits per heavy atom. The third-order valence-corrected chi connectivity index (χ3v) is 6.92. The van der Waals surface area contributed by atoms with Crippen LogP contribution < -0.4 is 0 Å². The van der Waals surface area contributed by atoms with E-state index in [0.717, 1.165) is 34.2 Å². The fourth-order valence-electron chi connectivity index (χ4n) is 5.22. The first-order chi connectivity index (χ1) is 18.3. The summed E-state index contributed by atoms with van der Waals surface area (Å²) < 4.78 is 4.47. The van der Waals surface area contributed by atoms with Crippen molar-refractivity contribution in [3.05, 3.63) is 133 Å². The molecule has 0 saturated heterocycles. The molecule has 0 amide bonds. The van der Waals surface area contributed by atoms with Gasteiger partial charge in [0.05, 0.1) is 11.0 Å². The van der Waals surface area contributed by atoms with Gasteiger partial charge in [-0.25, -0.2) is 0 Å². The maximum Gasteiger partial charge on any atom is 0.168 e. The normalized spacial score (nSPS) is 11.4. The number of hydrogen-bond acceptors (Lipinski definition) is 2. The van der Waals surface area contributed by atoms with Gasteiger partial charge in [0.25, 0.3) is 0 Å². The molecule has 2 aromatic heterocycles. The molecule has 0 aliphatic rings. The highest BCUT2D eigenvalue weighted by atomic mass is 15.3. The van der Waals surface area contributed by atoms with Crippen LogP contribution in [0.5, 0.6) is 0 Å². The van der Waals surface area contributed by atoms with Gasteiger partial charge in [-0.05, 0) is 61.5 Å². The van der Waals surface area contributed by atoms with E-state index in [2.05, 4.69) is 135 Å². The lowest BCUT2D eigenvalue weighted by Crippen LogP contribution is -2.00. The lowest BCUT2D eigenvalue weighted by atomic mass is 10.1. The first kappa shape index (κ1) is 21.3. The van der Waals surface area contributed by atoms with Gasteiger partial charge in [0.2, 0.25) is 0 Å². The Hall–Kier alpha value is -4.96. The molecule has 0 atom stereocenters. The molecular weight excluding hydrogens is 452 g/mol. The minimum Gasteiger partial charge on any atom is -0.309 e. The van der Waals surface area contributed by atoms with Gasteiger partial charge in [0.1, 0.15) is 0 Å². The average Bonchev–Trinajstić information content (AvgIpc) is 3.54. The molecule has 4 heteroatoms. The van der Waals surface area contributed by atoms with Crippen LogP contribution >= 0.6 is 0 Å². The Bertz CT molecular complexity index is 1820. The summed E-state index contributed by atoms with van der Waals surface area (Å²) in [6.07, 6.45) is 0. The Morgan fingerprint density at radius 1 is 0.459 bits per heavy atom. The van der Waals surface area contributed by atoms with E-state index in [1.807, 2.05) is 18.2 Å². The highest BCUT2D eigenvalue weighted by Crippen LogP contribution is 2.33. The predicted molar refractivity (Wildman–Crippen MR) is 151 cm³/mol. The molecule has 176 valence electrons. The Balaban J connectivity index is 1.39. The van der Waals surface area contributed by atoms with Crippen LogP contribution in [0, 0.1) is 6.92 Å². The molecule has 0 bridgehead atoms. The summed E-state index contributed by atoms with van der Waals surface area (Å²) in [4.78, 5) is 0. The first-order valence-corrected chi connectivity index (χ1v) is 12.4. The van der Waals surface area contributed by atoms with Crippen LogP contribution in [-0.4, -0.2) is 19.3 Å². The van der Waals surface area contributed by atoms with E-state index in [1.165, 1.54) is 27.4 Å². The van der Waals surface area contributed by atoms with E-state index in [1.54, 1.807) is 0 Å². The second-order valence-electron chi connectivity index (χ2n) is 9.30. The number of benzene rings is 5. The van der Waals surface area contributed by atoms with Crippen LogP contribution in [0.15, 0.2) is 127 Å². The standard InChI is InChI=1S/C33H24N4/c1-23-10-9-11-25(22-23)33-35-34-32(37(33)26-12-3-2-4-13-26)24-18-20-27(21-19-24)36-30-16-7-5-14-28(30)29-15-6-8-17-31(29)36/h2-22H,1H3. The van der Waals surface area contributed by atoms with Gasteiger partial charge in [0.15, 0.2) is 11.6 Å². The molecule has 0 radical (unpaired) electrons. The van der Waals surface area contributed by atoms with Gasteiger partial charge >= 0.3 is 0 Å². The molecule has 0 N–H and O–H groups in total. The van der Waals surface area contributed by atoms with Crippen LogP contribution in [-0.2, 0) is 0 Å². The van der Waals surface area contributed by atoms with E-state index < -0.39 is 0 Å². The van der Waals surface area contributed by atoms with Crippen molar-refractivity contribution in [3.8, 4) is 34.2 Å². The van der Waals surface area contributed by atoms with E-state index >= 15 is 0 Å². The molecular formula is C33H24N4. The van der Waals surface area contributed by atoms with Gasteiger partial charge in [-0.2, -0.15) is 0 Å². The van der Waals surface area contributed by atoms with E-state index in [4.69, 9.17) is 0 Å². The third-order valence-electron chi connectivity index (χ3n) is 6.92. The number of fused-ring (bicyclic) bond motifs is 3. The van der Waals surface area contributed by atoms with Crippen LogP contribution in [0.2, 0.25) is 0 Å². The van der Waals surface area contributed by atoms with Gasteiger partial charge in [-0.3, -0.25) is 4.57 Å². The van der Waals surface area contributed by atoms with Crippen LogP contribution in [0.4, 0.5) is 0 Å². The molecule has 4 nitrogen and oxygen atoms in total. The second kappa shape index (κ2) is 8.61. The van der Waals surface area contributed by atoms with Gasteiger partial charge < -0.3 is 4.57 Å². The van der Waals surface area contributed by atoms with Crippen LogP contribution in [0.1, 0.15) is 5.56 Å². The lowest BCUT2D eigenvalue weighted by molar-refractivity contribution is 1.07. The molecule has 0 fully saturated rings. The summed E-state index contributed by atoms with van der Waals surface area (Å²) in [6.45, 7) is 2.10. The SMILES string of the molecule is Cc1cccc(-c2nnc(-c3ccc(-n4c5ccccc5c5ccccc54)cc3)n2-c2ccccc2)c1. The van der Waals surface area contributed by atoms with Crippen LogP contribution in [0.25, 0.3) is 56.0 Å². The number of para-hydroxylation sites is 3. The quantitative estimate of drug-likeness (QED) is 0.258. The van der Waals surface area contributed by atoms with Gasteiger partial charge in [0, 0.05) is 33.3 Å². The molecule has 7 aromatic rings. The van der Waals surface area contributed by atoms with Crippen molar-refractivity contribution in [3.63, 3.8) is 0 Å². The monoisotopic (exact) mass is 476 g/mol. The number of rotatable bonds is 4. The van der Waals surface area contributed by atoms with Crippen molar-refractivity contribution in [1.29, 1.82) is 0 Å². The van der Waals surface area contributed by atoms with Crippen molar-refractivity contribution >= 4 is 21.8 Å². The summed E-state index contributed by atoms with van der Waals surface area (Å²) in [5.41, 5.74) is 7.80. The van der Waals surface area contributed by atoms with Crippen molar-refractivity contribution in [2.24, 2.45) is 0 Å². The zero-order valence-electron chi connectivity index (χ0n) is 20.4. The molecule has 5 aromatic carbocycles. The Kier molecular flexibility index (Phi) is 4.96. The van der Waals surface area contributed by atoms with E-state index in [0.29, 0.717) is 0 Å². The summed E-state index contributed by atoms with van der Waals surface area (Å²) in [6, 6.07) is 44.5. The lowest BCUT2D eigenvalue weighted by Gasteiger charge is -2.12. The van der Waals surface area contributed by atoms with Crippen molar-refractivity contribution in [2.45, 2.75) is 6.92 Å². The predicted octanol–water partition coefficient (Wildman–Crippen LogP) is 8.01. The van der Waals surface area contributed by atoms with Crippen molar-refractivity contribution in [2.75, 3.05) is 0 Å². The van der Waals surface area contributed by atoms with Crippen molar-refractivity contribution < 1.29 is 0 Å². The topological polar surface area (TPSA) is 35.6 Å². The van der Waals surface area contributed by atoms with Gasteiger partial charge in [-0.15, -0.1) is 10.2 Å². The first-order valence-electron chi connectivity index (χ1n) is 12.4. The van der Waals surface area contributed by atoms with Crippen molar-refractivity contribution in [1.82, 2.24) is 19.3 Å². The number of aromatic nitrogens is 4.